The van der Waals surface area contributed by atoms with Crippen LogP contribution in [0.1, 0.15) is 59.4 Å². The van der Waals surface area contributed by atoms with E-state index in [2.05, 4.69) is 55.2 Å². The van der Waals surface area contributed by atoms with Crippen molar-refractivity contribution in [2.45, 2.75) is 60.3 Å². The van der Waals surface area contributed by atoms with Crippen LogP contribution < -0.4 is 10.6 Å². The van der Waals surface area contributed by atoms with Gasteiger partial charge in [-0.3, -0.25) is 0 Å². The summed E-state index contributed by atoms with van der Waals surface area (Å²) in [6.45, 7) is 13.0. The van der Waals surface area contributed by atoms with Gasteiger partial charge in [0.25, 0.3) is 0 Å². The van der Waals surface area contributed by atoms with Gasteiger partial charge in [0, 0.05) is 18.7 Å². The molecule has 20 heavy (non-hydrogen) atoms. The van der Waals surface area contributed by atoms with Crippen LogP contribution in [0, 0.1) is 5.41 Å². The van der Waals surface area contributed by atoms with Crippen molar-refractivity contribution in [3.63, 3.8) is 0 Å². The van der Waals surface area contributed by atoms with Crippen molar-refractivity contribution in [2.24, 2.45) is 5.41 Å². The maximum atomic E-state index is 4.42. The largest absolute Gasteiger partial charge is 0.370 e. The molecule has 0 fully saturated rings. The van der Waals surface area contributed by atoms with E-state index in [-0.39, 0.29) is 0 Å². The molecular formula is C16H30N4. The van der Waals surface area contributed by atoms with Crippen molar-refractivity contribution >= 4 is 11.6 Å². The molecule has 114 valence electrons. The molecular weight excluding hydrogens is 248 g/mol. The van der Waals surface area contributed by atoms with Crippen molar-refractivity contribution in [3.05, 3.63) is 11.9 Å². The molecule has 0 aliphatic carbocycles. The summed E-state index contributed by atoms with van der Waals surface area (Å²) in [5.41, 5.74) is 1.56. The lowest BCUT2D eigenvalue weighted by Gasteiger charge is -2.20. The number of anilines is 2. The fourth-order valence-corrected chi connectivity index (χ4v) is 2.00. The van der Waals surface area contributed by atoms with E-state index in [1.165, 1.54) is 5.56 Å². The number of nitrogens with one attached hydrogen (secondary N) is 2. The molecule has 4 heteroatoms. The standard InChI is InChI=1S/C16H30N4/c1-6-8-13-14(17-10-7-2)19-12-20-15(13)18-11-9-16(3,4)5/h12H,6-11H2,1-5H3,(H2,17,18,19,20). The maximum Gasteiger partial charge on any atom is 0.134 e. The van der Waals surface area contributed by atoms with E-state index in [1.54, 1.807) is 6.33 Å². The fraction of sp³-hybridized carbons (Fsp3) is 0.750. The van der Waals surface area contributed by atoms with E-state index in [0.717, 1.165) is 50.4 Å². The molecule has 2 N–H and O–H groups in total. The Morgan fingerprint density at radius 2 is 1.55 bits per heavy atom. The second-order valence-electron chi connectivity index (χ2n) is 6.46. The minimum absolute atomic E-state index is 0.342. The van der Waals surface area contributed by atoms with Crippen LogP contribution in [0.5, 0.6) is 0 Å². The molecule has 1 heterocycles. The van der Waals surface area contributed by atoms with Gasteiger partial charge in [-0.1, -0.05) is 41.0 Å². The molecule has 0 aliphatic heterocycles. The van der Waals surface area contributed by atoms with Crippen LogP contribution in [0.4, 0.5) is 11.6 Å². The van der Waals surface area contributed by atoms with Gasteiger partial charge >= 0.3 is 0 Å². The molecule has 0 atom stereocenters. The van der Waals surface area contributed by atoms with Crippen LogP contribution in [-0.2, 0) is 6.42 Å². The molecule has 0 amide bonds. The molecule has 0 aliphatic rings. The van der Waals surface area contributed by atoms with E-state index >= 15 is 0 Å². The Labute approximate surface area is 123 Å². The number of hydrogen-bond acceptors (Lipinski definition) is 4. The monoisotopic (exact) mass is 278 g/mol. The van der Waals surface area contributed by atoms with Crippen molar-refractivity contribution in [1.29, 1.82) is 0 Å². The molecule has 0 unspecified atom stereocenters. The molecule has 0 spiro atoms. The smallest absolute Gasteiger partial charge is 0.134 e. The van der Waals surface area contributed by atoms with E-state index in [4.69, 9.17) is 0 Å². The Morgan fingerprint density at radius 1 is 0.950 bits per heavy atom. The molecule has 1 rings (SSSR count). The van der Waals surface area contributed by atoms with Crippen LogP contribution in [0.25, 0.3) is 0 Å². The third-order valence-corrected chi connectivity index (χ3v) is 3.16. The summed E-state index contributed by atoms with van der Waals surface area (Å²) in [5, 5.41) is 6.88. The maximum absolute atomic E-state index is 4.42. The zero-order chi connectivity index (χ0) is 15.0. The Hall–Kier alpha value is -1.32. The predicted octanol–water partition coefficient (Wildman–Crippen LogP) is 4.10. The SMILES string of the molecule is CCCNc1ncnc(NCCC(C)(C)C)c1CCC. The molecule has 0 aromatic carbocycles. The Bertz CT molecular complexity index is 396. The molecule has 0 bridgehead atoms. The summed E-state index contributed by atoms with van der Waals surface area (Å²) in [5.74, 6) is 1.98. The van der Waals surface area contributed by atoms with E-state index in [0.29, 0.717) is 5.41 Å². The normalized spacial score (nSPS) is 11.4. The van der Waals surface area contributed by atoms with Gasteiger partial charge in [0.1, 0.15) is 18.0 Å². The van der Waals surface area contributed by atoms with Gasteiger partial charge in [0.05, 0.1) is 0 Å². The van der Waals surface area contributed by atoms with Crippen molar-refractivity contribution in [3.8, 4) is 0 Å². The third kappa shape index (κ3) is 5.76. The summed E-state index contributed by atoms with van der Waals surface area (Å²) in [6.07, 6.45) is 5.98. The average molecular weight is 278 g/mol. The highest BCUT2D eigenvalue weighted by Gasteiger charge is 2.13. The number of rotatable bonds is 8. The van der Waals surface area contributed by atoms with Gasteiger partial charge in [-0.15, -0.1) is 0 Å². The Balaban J connectivity index is 2.77. The second-order valence-corrected chi connectivity index (χ2v) is 6.46. The third-order valence-electron chi connectivity index (χ3n) is 3.16. The van der Waals surface area contributed by atoms with Gasteiger partial charge < -0.3 is 10.6 Å². The quantitative estimate of drug-likeness (QED) is 0.751. The van der Waals surface area contributed by atoms with Crippen LogP contribution in [0.3, 0.4) is 0 Å². The lowest BCUT2D eigenvalue weighted by Crippen LogP contribution is -2.16. The first-order valence-corrected chi connectivity index (χ1v) is 7.79. The summed E-state index contributed by atoms with van der Waals surface area (Å²) in [6, 6.07) is 0. The van der Waals surface area contributed by atoms with Crippen molar-refractivity contribution in [2.75, 3.05) is 23.7 Å². The molecule has 1 aromatic rings. The van der Waals surface area contributed by atoms with Crippen LogP contribution in [-0.4, -0.2) is 23.1 Å². The zero-order valence-electron chi connectivity index (χ0n) is 13.7. The molecule has 0 saturated carbocycles. The van der Waals surface area contributed by atoms with Gasteiger partial charge in [-0.25, -0.2) is 9.97 Å². The van der Waals surface area contributed by atoms with Crippen molar-refractivity contribution in [1.82, 2.24) is 9.97 Å². The van der Waals surface area contributed by atoms with E-state index in [9.17, 15) is 0 Å². The highest BCUT2D eigenvalue weighted by atomic mass is 15.1. The highest BCUT2D eigenvalue weighted by Crippen LogP contribution is 2.23. The summed E-state index contributed by atoms with van der Waals surface area (Å²) in [4.78, 5) is 8.81. The van der Waals surface area contributed by atoms with E-state index < -0.39 is 0 Å². The lowest BCUT2D eigenvalue weighted by atomic mass is 9.92. The number of hydrogen-bond donors (Lipinski definition) is 2. The second kappa shape index (κ2) is 8.08. The molecule has 0 radical (unpaired) electrons. The average Bonchev–Trinajstić information content (AvgIpc) is 2.37. The highest BCUT2D eigenvalue weighted by molar-refractivity contribution is 5.57. The topological polar surface area (TPSA) is 49.8 Å². The first kappa shape index (κ1) is 16.7. The van der Waals surface area contributed by atoms with Gasteiger partial charge in [0.15, 0.2) is 0 Å². The molecule has 1 aromatic heterocycles. The van der Waals surface area contributed by atoms with Crippen LogP contribution in [0.2, 0.25) is 0 Å². The zero-order valence-corrected chi connectivity index (χ0v) is 13.7. The van der Waals surface area contributed by atoms with Gasteiger partial charge in [0.2, 0.25) is 0 Å². The number of aromatic nitrogens is 2. The Morgan fingerprint density at radius 3 is 2.05 bits per heavy atom. The minimum atomic E-state index is 0.342. The summed E-state index contributed by atoms with van der Waals surface area (Å²) < 4.78 is 0. The summed E-state index contributed by atoms with van der Waals surface area (Å²) >= 11 is 0. The minimum Gasteiger partial charge on any atom is -0.370 e. The summed E-state index contributed by atoms with van der Waals surface area (Å²) in [7, 11) is 0. The molecule has 4 nitrogen and oxygen atoms in total. The van der Waals surface area contributed by atoms with Crippen LogP contribution in [0.15, 0.2) is 6.33 Å². The first-order chi connectivity index (χ1) is 9.48. The fourth-order valence-electron chi connectivity index (χ4n) is 2.00. The predicted molar refractivity (Wildman–Crippen MR) is 87.4 cm³/mol. The number of nitrogens with zero attached hydrogens (tertiary/aromatic N) is 2. The van der Waals surface area contributed by atoms with Gasteiger partial charge in [-0.2, -0.15) is 0 Å². The van der Waals surface area contributed by atoms with E-state index in [1.807, 2.05) is 0 Å². The lowest BCUT2D eigenvalue weighted by molar-refractivity contribution is 0.389. The van der Waals surface area contributed by atoms with Crippen molar-refractivity contribution < 1.29 is 0 Å². The van der Waals surface area contributed by atoms with Crippen LogP contribution >= 0.6 is 0 Å². The Kier molecular flexibility index (Phi) is 6.76. The first-order valence-electron chi connectivity index (χ1n) is 7.79. The van der Waals surface area contributed by atoms with Gasteiger partial charge in [-0.05, 0) is 24.7 Å². The molecule has 0 saturated heterocycles.